The van der Waals surface area contributed by atoms with Gasteiger partial charge in [0, 0.05) is 0 Å². The first-order valence-corrected chi connectivity index (χ1v) is 6.87. The second-order valence-corrected chi connectivity index (χ2v) is 4.36. The SMILES string of the molecule is C=C\C([B]C(=O)O)=C/C=C(C=C)/C(C=C)=C/C=C(/[B]C(=O)O)C=C. The van der Waals surface area contributed by atoms with Gasteiger partial charge in [-0.2, -0.15) is 0 Å². The highest BCUT2D eigenvalue weighted by Gasteiger charge is 2.04. The van der Waals surface area contributed by atoms with Crippen molar-refractivity contribution in [2.24, 2.45) is 0 Å². The Morgan fingerprint density at radius 1 is 0.625 bits per heavy atom. The van der Waals surface area contributed by atoms with E-state index < -0.39 is 11.7 Å². The van der Waals surface area contributed by atoms with Crippen LogP contribution in [0.2, 0.25) is 0 Å². The van der Waals surface area contributed by atoms with Crippen molar-refractivity contribution in [3.63, 3.8) is 0 Å². The van der Waals surface area contributed by atoms with E-state index in [1.54, 1.807) is 36.5 Å². The molecule has 4 nitrogen and oxygen atoms in total. The Balaban J connectivity index is 5.64. The third kappa shape index (κ3) is 8.44. The molecule has 0 spiro atoms. The van der Waals surface area contributed by atoms with Gasteiger partial charge in [-0.25, -0.2) is 0 Å². The molecule has 0 aliphatic rings. The zero-order valence-electron chi connectivity index (χ0n) is 13.3. The molecule has 0 amide bonds. The quantitative estimate of drug-likeness (QED) is 0.444. The Morgan fingerprint density at radius 3 is 1.17 bits per heavy atom. The van der Waals surface area contributed by atoms with Crippen LogP contribution in [0.25, 0.3) is 0 Å². The van der Waals surface area contributed by atoms with Gasteiger partial charge in [-0.3, -0.25) is 9.59 Å². The zero-order valence-corrected chi connectivity index (χ0v) is 13.3. The van der Waals surface area contributed by atoms with E-state index in [1.165, 1.54) is 12.2 Å². The summed E-state index contributed by atoms with van der Waals surface area (Å²) in [4.78, 5) is 21.4. The van der Waals surface area contributed by atoms with E-state index in [-0.39, 0.29) is 0 Å². The predicted octanol–water partition coefficient (Wildman–Crippen LogP) is 4.12. The number of rotatable bonds is 11. The van der Waals surface area contributed by atoms with Crippen molar-refractivity contribution in [1.82, 2.24) is 0 Å². The summed E-state index contributed by atoms with van der Waals surface area (Å²) in [5.41, 5.74) is 2.20. The maximum Gasteiger partial charge on any atom is 0.299 e. The molecule has 0 saturated carbocycles. The van der Waals surface area contributed by atoms with Crippen molar-refractivity contribution in [2.45, 2.75) is 0 Å². The molecule has 2 radical (unpaired) electrons. The Labute approximate surface area is 143 Å². The molecule has 0 unspecified atom stereocenters. The first kappa shape index (κ1) is 21.0. The summed E-state index contributed by atoms with van der Waals surface area (Å²) >= 11 is 0. The largest absolute Gasteiger partial charge is 0.489 e. The third-order valence-corrected chi connectivity index (χ3v) is 2.74. The van der Waals surface area contributed by atoms with Crippen LogP contribution >= 0.6 is 0 Å². The number of carbonyl (C=O) groups is 2. The molecule has 0 atom stereocenters. The van der Waals surface area contributed by atoms with E-state index >= 15 is 0 Å². The molecule has 24 heavy (non-hydrogen) atoms. The summed E-state index contributed by atoms with van der Waals surface area (Å²) in [7, 11) is 2.05. The van der Waals surface area contributed by atoms with Gasteiger partial charge in [0.2, 0.25) is 11.7 Å². The third-order valence-electron chi connectivity index (χ3n) is 2.74. The van der Waals surface area contributed by atoms with Gasteiger partial charge >= 0.3 is 0 Å². The summed E-state index contributed by atoms with van der Waals surface area (Å²) in [5, 5.41) is 17.5. The van der Waals surface area contributed by atoms with Crippen molar-refractivity contribution in [2.75, 3.05) is 0 Å². The van der Waals surface area contributed by atoms with Crippen molar-refractivity contribution >= 4 is 26.3 Å². The molecule has 0 heterocycles. The van der Waals surface area contributed by atoms with Crippen LogP contribution in [0.3, 0.4) is 0 Å². The van der Waals surface area contributed by atoms with Crippen molar-refractivity contribution < 1.29 is 19.8 Å². The normalized spacial score (nSPS) is 12.8. The molecule has 0 rings (SSSR count). The molecule has 120 valence electrons. The van der Waals surface area contributed by atoms with Crippen LogP contribution in [0.1, 0.15) is 0 Å². The van der Waals surface area contributed by atoms with E-state index in [1.807, 2.05) is 0 Å². The van der Waals surface area contributed by atoms with Gasteiger partial charge in [-0.15, -0.1) is 0 Å². The summed E-state index contributed by atoms with van der Waals surface area (Å²) in [5.74, 6) is -2.14. The maximum absolute atomic E-state index is 10.7. The van der Waals surface area contributed by atoms with E-state index in [0.29, 0.717) is 22.1 Å². The first-order valence-electron chi connectivity index (χ1n) is 6.87. The van der Waals surface area contributed by atoms with Crippen molar-refractivity contribution in [3.8, 4) is 0 Å². The zero-order chi connectivity index (χ0) is 18.5. The monoisotopic (exact) mass is 320 g/mol. The van der Waals surface area contributed by atoms with E-state index in [4.69, 9.17) is 10.2 Å². The van der Waals surface area contributed by atoms with Crippen LogP contribution in [0.5, 0.6) is 0 Å². The molecule has 0 fully saturated rings. The van der Waals surface area contributed by atoms with Crippen LogP contribution in [0, 0.1) is 0 Å². The lowest BCUT2D eigenvalue weighted by molar-refractivity contribution is 0.219. The molecular weight excluding hydrogens is 302 g/mol. The van der Waals surface area contributed by atoms with Gasteiger partial charge in [-0.05, 0) is 11.1 Å². The van der Waals surface area contributed by atoms with Gasteiger partial charge in [0.05, 0.1) is 0 Å². The molecule has 0 aliphatic carbocycles. The lowest BCUT2D eigenvalue weighted by Crippen LogP contribution is -2.07. The number of allylic oxidation sites excluding steroid dienone is 12. The second-order valence-electron chi connectivity index (χ2n) is 4.36. The molecule has 0 aromatic heterocycles. The minimum absolute atomic E-state index is 0.423. The fourth-order valence-electron chi connectivity index (χ4n) is 1.57. The highest BCUT2D eigenvalue weighted by molar-refractivity contribution is 6.78. The number of hydrogen-bond donors (Lipinski definition) is 2. The van der Waals surface area contributed by atoms with Crippen LogP contribution in [-0.2, 0) is 0 Å². The molecule has 0 aromatic rings. The van der Waals surface area contributed by atoms with Crippen LogP contribution in [-0.4, -0.2) is 36.5 Å². The fraction of sp³-hybridized carbons (Fsp3) is 0. The molecule has 2 N–H and O–H groups in total. The molecule has 0 saturated heterocycles. The Morgan fingerprint density at radius 2 is 0.958 bits per heavy atom. The van der Waals surface area contributed by atoms with E-state index in [2.05, 4.69) is 26.3 Å². The highest BCUT2D eigenvalue weighted by Crippen LogP contribution is 2.14. The van der Waals surface area contributed by atoms with Gasteiger partial charge in [0.1, 0.15) is 0 Å². The van der Waals surface area contributed by atoms with Gasteiger partial charge < -0.3 is 10.2 Å². The maximum atomic E-state index is 10.7. The lowest BCUT2D eigenvalue weighted by Gasteiger charge is -2.03. The average Bonchev–Trinajstić information content (AvgIpc) is 2.54. The minimum Gasteiger partial charge on any atom is -0.489 e. The standard InChI is InChI=1S/C18H18B2O4/c1-5-13(9-11-15(7-3)19-17(21)22)14(6-2)10-12-16(8-4)20-18(23)24/h5-12H,1-4H2,(H,21,22)(H,23,24)/b13-9+,14-10+,15-11+,16-12+. The lowest BCUT2D eigenvalue weighted by atomic mass is 9.69. The van der Waals surface area contributed by atoms with Crippen LogP contribution < -0.4 is 0 Å². The molecule has 0 aromatic carbocycles. The summed E-state index contributed by atoms with van der Waals surface area (Å²) < 4.78 is 0. The van der Waals surface area contributed by atoms with Gasteiger partial charge in [0.15, 0.2) is 0 Å². The summed E-state index contributed by atoms with van der Waals surface area (Å²) in [6.45, 7) is 14.5. The van der Waals surface area contributed by atoms with Gasteiger partial charge in [-0.1, -0.05) is 85.9 Å². The number of hydrogen-bond acceptors (Lipinski definition) is 2. The van der Waals surface area contributed by atoms with Crippen LogP contribution in [0.15, 0.2) is 97.0 Å². The Kier molecular flexibility index (Phi) is 10.1. The molecular formula is C18H18B2O4. The van der Waals surface area contributed by atoms with E-state index in [9.17, 15) is 9.59 Å². The van der Waals surface area contributed by atoms with E-state index in [0.717, 1.165) is 14.6 Å². The highest BCUT2D eigenvalue weighted by atomic mass is 16.4. The fourth-order valence-corrected chi connectivity index (χ4v) is 1.57. The second kappa shape index (κ2) is 11.5. The van der Waals surface area contributed by atoms with Crippen molar-refractivity contribution in [3.05, 3.63) is 97.0 Å². The van der Waals surface area contributed by atoms with Gasteiger partial charge in [0.25, 0.3) is 14.6 Å². The molecule has 6 heteroatoms. The van der Waals surface area contributed by atoms with Crippen molar-refractivity contribution in [1.29, 1.82) is 0 Å². The number of carboxylic acid groups (broad SMARTS) is 2. The summed E-state index contributed by atoms with van der Waals surface area (Å²) in [6, 6.07) is 0. The Hall–Kier alpha value is -3.01. The summed E-state index contributed by atoms with van der Waals surface area (Å²) in [6.07, 6.45) is 12.5. The first-order chi connectivity index (χ1) is 11.4. The topological polar surface area (TPSA) is 74.6 Å². The smallest absolute Gasteiger partial charge is 0.299 e. The van der Waals surface area contributed by atoms with Crippen LogP contribution in [0.4, 0.5) is 9.59 Å². The minimum atomic E-state index is -1.07. The average molecular weight is 320 g/mol. The molecule has 0 aliphatic heterocycles. The predicted molar refractivity (Wildman–Crippen MR) is 101 cm³/mol. The Bertz CT molecular complexity index is 607. The molecule has 0 bridgehead atoms.